The van der Waals surface area contributed by atoms with Gasteiger partial charge in [0.1, 0.15) is 6.21 Å². The standard InChI is InChI=1S/C12H23N3O2/c1-3-5-11(6-4-2)9-13-7-8-14-12(16)10-15-17/h9-11,17H,3-8H2,1-2H3,(H,14,16)/b13-9?,15-10+. The van der Waals surface area contributed by atoms with Gasteiger partial charge in [0.15, 0.2) is 0 Å². The van der Waals surface area contributed by atoms with Gasteiger partial charge in [0.25, 0.3) is 5.91 Å². The molecule has 0 aromatic rings. The summed E-state index contributed by atoms with van der Waals surface area (Å²) in [6.45, 7) is 5.37. The summed E-state index contributed by atoms with van der Waals surface area (Å²) in [5.41, 5.74) is 0. The zero-order valence-corrected chi connectivity index (χ0v) is 10.7. The van der Waals surface area contributed by atoms with Gasteiger partial charge in [0.05, 0.1) is 6.54 Å². The van der Waals surface area contributed by atoms with Gasteiger partial charge >= 0.3 is 0 Å². The third-order valence-electron chi connectivity index (χ3n) is 2.35. The SMILES string of the molecule is CCCC(C=NCCNC(=O)/C=N/O)CCC. The first kappa shape index (κ1) is 15.6. The quantitative estimate of drug-likeness (QED) is 0.280. The first-order valence-corrected chi connectivity index (χ1v) is 6.19. The highest BCUT2D eigenvalue weighted by atomic mass is 16.4. The van der Waals surface area contributed by atoms with Crippen molar-refractivity contribution in [2.45, 2.75) is 39.5 Å². The average molecular weight is 241 g/mol. The Morgan fingerprint density at radius 3 is 2.53 bits per heavy atom. The van der Waals surface area contributed by atoms with Crippen LogP contribution < -0.4 is 5.32 Å². The van der Waals surface area contributed by atoms with Gasteiger partial charge in [-0.1, -0.05) is 31.8 Å². The number of nitrogens with one attached hydrogen (secondary N) is 1. The van der Waals surface area contributed by atoms with Crippen LogP contribution in [0.15, 0.2) is 10.1 Å². The summed E-state index contributed by atoms with van der Waals surface area (Å²) in [4.78, 5) is 15.2. The van der Waals surface area contributed by atoms with E-state index in [1.165, 1.54) is 25.7 Å². The molecule has 0 bridgehead atoms. The van der Waals surface area contributed by atoms with E-state index >= 15 is 0 Å². The molecule has 0 aromatic heterocycles. The van der Waals surface area contributed by atoms with Gasteiger partial charge in [-0.2, -0.15) is 0 Å². The average Bonchev–Trinajstić information content (AvgIpc) is 2.29. The summed E-state index contributed by atoms with van der Waals surface area (Å²) in [7, 11) is 0. The van der Waals surface area contributed by atoms with Crippen LogP contribution in [0.25, 0.3) is 0 Å². The van der Waals surface area contributed by atoms with Crippen molar-refractivity contribution in [2.75, 3.05) is 13.1 Å². The Kier molecular flexibility index (Phi) is 10.2. The van der Waals surface area contributed by atoms with Crippen molar-refractivity contribution in [2.24, 2.45) is 16.1 Å². The minimum Gasteiger partial charge on any atom is -0.411 e. The molecule has 5 heteroatoms. The Labute approximate surface area is 103 Å². The number of hydrogen-bond acceptors (Lipinski definition) is 4. The van der Waals surface area contributed by atoms with Gasteiger partial charge in [-0.25, -0.2) is 0 Å². The number of carbonyl (C=O) groups excluding carboxylic acids is 1. The largest absolute Gasteiger partial charge is 0.411 e. The molecule has 0 rings (SSSR count). The molecule has 0 saturated carbocycles. The lowest BCUT2D eigenvalue weighted by atomic mass is 10.00. The molecular weight excluding hydrogens is 218 g/mol. The second kappa shape index (κ2) is 11.1. The fraction of sp³-hybridized carbons (Fsp3) is 0.750. The molecule has 0 atom stereocenters. The molecule has 17 heavy (non-hydrogen) atoms. The number of hydrogen-bond donors (Lipinski definition) is 2. The van der Waals surface area contributed by atoms with Crippen LogP contribution in [-0.4, -0.2) is 36.6 Å². The van der Waals surface area contributed by atoms with Gasteiger partial charge in [-0.15, -0.1) is 0 Å². The van der Waals surface area contributed by atoms with E-state index in [0.717, 1.165) is 6.21 Å². The van der Waals surface area contributed by atoms with Gasteiger partial charge in [0.2, 0.25) is 0 Å². The highest BCUT2D eigenvalue weighted by molar-refractivity contribution is 6.25. The topological polar surface area (TPSA) is 74.0 Å². The third-order valence-corrected chi connectivity index (χ3v) is 2.35. The molecule has 98 valence electrons. The lowest BCUT2D eigenvalue weighted by Gasteiger charge is -2.08. The van der Waals surface area contributed by atoms with Crippen LogP contribution in [0.4, 0.5) is 0 Å². The van der Waals surface area contributed by atoms with Crippen molar-refractivity contribution in [3.63, 3.8) is 0 Å². The first-order valence-electron chi connectivity index (χ1n) is 6.19. The number of oxime groups is 1. The number of amides is 1. The molecular formula is C12H23N3O2. The second-order valence-electron chi connectivity index (χ2n) is 3.93. The van der Waals surface area contributed by atoms with Crippen molar-refractivity contribution in [3.05, 3.63) is 0 Å². The third kappa shape index (κ3) is 9.53. The lowest BCUT2D eigenvalue weighted by molar-refractivity contribution is -0.114. The molecule has 0 aromatic carbocycles. The summed E-state index contributed by atoms with van der Waals surface area (Å²) in [6, 6.07) is 0. The van der Waals surface area contributed by atoms with Crippen LogP contribution in [0.1, 0.15) is 39.5 Å². The molecule has 0 aliphatic heterocycles. The summed E-state index contributed by atoms with van der Waals surface area (Å²) < 4.78 is 0. The summed E-state index contributed by atoms with van der Waals surface area (Å²) in [5.74, 6) is 0.154. The molecule has 0 aliphatic carbocycles. The van der Waals surface area contributed by atoms with Crippen LogP contribution >= 0.6 is 0 Å². The summed E-state index contributed by atoms with van der Waals surface area (Å²) in [6.07, 6.45) is 7.50. The minimum absolute atomic E-state index is 0.402. The van der Waals surface area contributed by atoms with Crippen molar-refractivity contribution in [3.8, 4) is 0 Å². The fourth-order valence-electron chi connectivity index (χ4n) is 1.60. The molecule has 0 spiro atoms. The molecule has 5 nitrogen and oxygen atoms in total. The van der Waals surface area contributed by atoms with Crippen molar-refractivity contribution in [1.29, 1.82) is 0 Å². The van der Waals surface area contributed by atoms with Gasteiger partial charge in [-0.3, -0.25) is 9.79 Å². The van der Waals surface area contributed by atoms with Crippen LogP contribution in [0.3, 0.4) is 0 Å². The number of rotatable bonds is 9. The zero-order valence-electron chi connectivity index (χ0n) is 10.7. The Morgan fingerprint density at radius 1 is 1.35 bits per heavy atom. The van der Waals surface area contributed by atoms with Crippen LogP contribution in [-0.2, 0) is 4.79 Å². The van der Waals surface area contributed by atoms with Gasteiger partial charge in [-0.05, 0) is 18.8 Å². The Bertz CT molecular complexity index is 246. The molecule has 0 saturated heterocycles. The first-order chi connectivity index (χ1) is 8.24. The Morgan fingerprint density at radius 2 is 2.00 bits per heavy atom. The predicted molar refractivity (Wildman–Crippen MR) is 70.0 cm³/mol. The molecule has 0 fully saturated rings. The Balaban J connectivity index is 3.72. The summed E-state index contributed by atoms with van der Waals surface area (Å²) in [5, 5.41) is 13.3. The maximum absolute atomic E-state index is 10.9. The second-order valence-corrected chi connectivity index (χ2v) is 3.93. The molecule has 0 aliphatic rings. The van der Waals surface area contributed by atoms with Crippen LogP contribution in [0, 0.1) is 5.92 Å². The maximum atomic E-state index is 10.9. The highest BCUT2D eigenvalue weighted by Gasteiger charge is 2.02. The monoisotopic (exact) mass is 241 g/mol. The van der Waals surface area contributed by atoms with Gasteiger partial charge in [0, 0.05) is 12.8 Å². The minimum atomic E-state index is -0.402. The lowest BCUT2D eigenvalue weighted by Crippen LogP contribution is -2.26. The van der Waals surface area contributed by atoms with Gasteiger partial charge < -0.3 is 10.5 Å². The van der Waals surface area contributed by atoms with Crippen LogP contribution in [0.5, 0.6) is 0 Å². The van der Waals surface area contributed by atoms with Crippen molar-refractivity contribution in [1.82, 2.24) is 5.32 Å². The van der Waals surface area contributed by atoms with Crippen molar-refractivity contribution >= 4 is 18.3 Å². The molecule has 1 amide bonds. The number of aliphatic imine (C=N–C) groups is 1. The number of nitrogens with zero attached hydrogens (tertiary/aromatic N) is 2. The van der Waals surface area contributed by atoms with E-state index in [1.807, 2.05) is 6.21 Å². The zero-order chi connectivity index (χ0) is 12.9. The molecule has 0 unspecified atom stereocenters. The smallest absolute Gasteiger partial charge is 0.265 e. The molecule has 0 radical (unpaired) electrons. The van der Waals surface area contributed by atoms with E-state index in [-0.39, 0.29) is 0 Å². The van der Waals surface area contributed by atoms with Crippen LogP contribution in [0.2, 0.25) is 0 Å². The van der Waals surface area contributed by atoms with E-state index in [1.54, 1.807) is 0 Å². The maximum Gasteiger partial charge on any atom is 0.265 e. The highest BCUT2D eigenvalue weighted by Crippen LogP contribution is 2.10. The van der Waals surface area contributed by atoms with E-state index < -0.39 is 5.91 Å². The predicted octanol–water partition coefficient (Wildman–Crippen LogP) is 1.85. The molecule has 0 heterocycles. The van der Waals surface area contributed by atoms with E-state index in [9.17, 15) is 4.79 Å². The fourth-order valence-corrected chi connectivity index (χ4v) is 1.60. The van der Waals surface area contributed by atoms with E-state index in [0.29, 0.717) is 19.0 Å². The number of carbonyl (C=O) groups is 1. The van der Waals surface area contributed by atoms with E-state index in [4.69, 9.17) is 5.21 Å². The normalized spacial score (nSPS) is 11.7. The summed E-state index contributed by atoms with van der Waals surface area (Å²) >= 11 is 0. The van der Waals surface area contributed by atoms with Crippen molar-refractivity contribution < 1.29 is 10.0 Å². The van der Waals surface area contributed by atoms with E-state index in [2.05, 4.69) is 29.3 Å². The Hall–Kier alpha value is -1.39. The molecule has 2 N–H and O–H groups in total.